The molecule has 0 aromatic carbocycles. The van der Waals surface area contributed by atoms with Gasteiger partial charge in [-0.1, -0.05) is 0 Å². The van der Waals surface area contributed by atoms with Crippen LogP contribution >= 0.6 is 0 Å². The van der Waals surface area contributed by atoms with E-state index in [1.165, 1.54) is 21.8 Å². The molecule has 1 fully saturated rings. The monoisotopic (exact) mass is 359 g/mol. The summed E-state index contributed by atoms with van der Waals surface area (Å²) in [7, 11) is -4.82. The summed E-state index contributed by atoms with van der Waals surface area (Å²) >= 11 is 0. The quantitative estimate of drug-likeness (QED) is 0.537. The Labute approximate surface area is 135 Å². The van der Waals surface area contributed by atoms with E-state index in [9.17, 15) is 18.0 Å². The molecule has 13 heteroatoms. The van der Waals surface area contributed by atoms with E-state index in [0.29, 0.717) is 10.8 Å². The van der Waals surface area contributed by atoms with Gasteiger partial charge in [-0.05, 0) is 6.08 Å². The van der Waals surface area contributed by atoms with Crippen molar-refractivity contribution in [1.82, 2.24) is 19.7 Å². The maximum Gasteiger partial charge on any atom is 0.418 e. The van der Waals surface area contributed by atoms with Gasteiger partial charge in [0.05, 0.1) is 12.2 Å². The first-order valence-electron chi connectivity index (χ1n) is 6.69. The average Bonchev–Trinajstić information content (AvgIpc) is 3.05. The van der Waals surface area contributed by atoms with E-state index in [1.807, 2.05) is 0 Å². The zero-order valence-corrected chi connectivity index (χ0v) is 12.9. The molecule has 3 N–H and O–H groups in total. The zero-order chi connectivity index (χ0) is 17.5. The molecule has 1 unspecified atom stereocenters. The van der Waals surface area contributed by atoms with Gasteiger partial charge in [-0.3, -0.25) is 9.35 Å². The Hall–Kier alpha value is -2.48. The van der Waals surface area contributed by atoms with Crippen LogP contribution in [0.5, 0.6) is 0 Å². The van der Waals surface area contributed by atoms with Crippen molar-refractivity contribution in [2.24, 2.45) is 0 Å². The minimum absolute atomic E-state index is 0.135. The highest BCUT2D eigenvalue weighted by Crippen LogP contribution is 2.27. The van der Waals surface area contributed by atoms with E-state index in [-0.39, 0.29) is 18.9 Å². The molecule has 3 rings (SSSR count). The summed E-state index contributed by atoms with van der Waals surface area (Å²) < 4.78 is 36.1. The molecule has 2 aliphatic heterocycles. The van der Waals surface area contributed by atoms with Crippen LogP contribution < -0.4 is 5.32 Å². The van der Waals surface area contributed by atoms with Crippen LogP contribution in [0.3, 0.4) is 0 Å². The number of amides is 3. The van der Waals surface area contributed by atoms with Crippen molar-refractivity contribution in [3.63, 3.8) is 0 Å². The Morgan fingerprint density at radius 2 is 2.25 bits per heavy atom. The van der Waals surface area contributed by atoms with Crippen LogP contribution in [0.4, 0.5) is 10.6 Å². The van der Waals surface area contributed by atoms with Gasteiger partial charge < -0.3 is 15.3 Å². The molecule has 1 saturated heterocycles. The lowest BCUT2D eigenvalue weighted by molar-refractivity contribution is -0.118. The van der Waals surface area contributed by atoms with Crippen LogP contribution in [0.15, 0.2) is 18.3 Å². The summed E-state index contributed by atoms with van der Waals surface area (Å²) in [5.74, 6) is -0.412. The minimum Gasteiger partial charge on any atom is -0.387 e. The van der Waals surface area contributed by atoms with Gasteiger partial charge in [-0.2, -0.15) is 18.6 Å². The summed E-state index contributed by atoms with van der Waals surface area (Å²) in [5.41, 5.74) is 0.547. The number of urea groups is 1. The van der Waals surface area contributed by atoms with Gasteiger partial charge >= 0.3 is 16.4 Å². The summed E-state index contributed by atoms with van der Waals surface area (Å²) in [4.78, 5) is 24.5. The first-order chi connectivity index (χ1) is 11.3. The molecule has 24 heavy (non-hydrogen) atoms. The number of aliphatic hydroxyl groups is 1. The van der Waals surface area contributed by atoms with E-state index in [4.69, 9.17) is 9.66 Å². The van der Waals surface area contributed by atoms with Gasteiger partial charge in [0.1, 0.15) is 12.6 Å². The number of rotatable bonds is 5. The second-order valence-electron chi connectivity index (χ2n) is 5.07. The summed E-state index contributed by atoms with van der Waals surface area (Å²) in [6, 6.07) is 0.0711. The fourth-order valence-electron chi connectivity index (χ4n) is 2.45. The number of hydrogen-bond acceptors (Lipinski definition) is 7. The molecule has 0 spiro atoms. The van der Waals surface area contributed by atoms with Crippen molar-refractivity contribution >= 4 is 33.9 Å². The third-order valence-corrected chi connectivity index (χ3v) is 3.72. The van der Waals surface area contributed by atoms with E-state index >= 15 is 0 Å². The Balaban J connectivity index is 1.80. The molecule has 2 bridgehead atoms. The minimum atomic E-state index is -4.82. The third-order valence-electron chi connectivity index (χ3n) is 3.37. The molecule has 3 heterocycles. The second-order valence-corrected chi connectivity index (χ2v) is 6.07. The van der Waals surface area contributed by atoms with Crippen molar-refractivity contribution in [1.29, 1.82) is 0 Å². The van der Waals surface area contributed by atoms with Crippen LogP contribution in [-0.4, -0.2) is 75.5 Å². The van der Waals surface area contributed by atoms with Crippen LogP contribution in [0.25, 0.3) is 5.70 Å². The van der Waals surface area contributed by atoms with Crippen molar-refractivity contribution < 1.29 is 31.9 Å². The Morgan fingerprint density at radius 1 is 1.50 bits per heavy atom. The number of aromatic nitrogens is 2. The third kappa shape index (κ3) is 3.23. The standard InChI is InChI=1S/C11H13N5O7S/c17-6-10(18)12-9-1-2-15(13-9)7-3-8-5-14(4-7)11(19)16(8)23-24(20,21)22/h1-3,8,17H,4-6H2,(H,12,13,18)(H,20,21,22). The van der Waals surface area contributed by atoms with Crippen LogP contribution in [0.2, 0.25) is 0 Å². The molecule has 0 saturated carbocycles. The number of nitrogens with zero attached hydrogens (tertiary/aromatic N) is 4. The van der Waals surface area contributed by atoms with Gasteiger partial charge in [0, 0.05) is 18.8 Å². The number of carbonyl (C=O) groups is 2. The molecule has 1 aromatic heterocycles. The molecular weight excluding hydrogens is 346 g/mol. The topological polar surface area (TPSA) is 154 Å². The normalized spacial score (nSPS) is 20.3. The fourth-order valence-corrected chi connectivity index (χ4v) is 2.83. The Morgan fingerprint density at radius 3 is 2.92 bits per heavy atom. The van der Waals surface area contributed by atoms with Crippen molar-refractivity contribution in [3.05, 3.63) is 18.3 Å². The lowest BCUT2D eigenvalue weighted by Crippen LogP contribution is -2.35. The molecule has 12 nitrogen and oxygen atoms in total. The number of fused-ring (bicyclic) bond motifs is 2. The molecule has 0 radical (unpaired) electrons. The fraction of sp³-hybridized carbons (Fsp3) is 0.364. The predicted molar refractivity (Wildman–Crippen MR) is 77.4 cm³/mol. The maximum atomic E-state index is 12.0. The van der Waals surface area contributed by atoms with Crippen LogP contribution in [0.1, 0.15) is 0 Å². The Kier molecular flexibility index (Phi) is 4.00. The smallest absolute Gasteiger partial charge is 0.387 e. The highest BCUT2D eigenvalue weighted by Gasteiger charge is 2.43. The zero-order valence-electron chi connectivity index (χ0n) is 12.1. The molecule has 3 amide bonds. The number of nitrogens with one attached hydrogen (secondary N) is 1. The van der Waals surface area contributed by atoms with E-state index in [0.717, 1.165) is 0 Å². The summed E-state index contributed by atoms with van der Waals surface area (Å²) in [6.45, 7) is -0.342. The van der Waals surface area contributed by atoms with Gasteiger partial charge in [0.2, 0.25) is 0 Å². The predicted octanol–water partition coefficient (Wildman–Crippen LogP) is -1.49. The lowest BCUT2D eigenvalue weighted by atomic mass is 10.2. The van der Waals surface area contributed by atoms with Crippen molar-refractivity contribution in [2.75, 3.05) is 25.0 Å². The highest BCUT2D eigenvalue weighted by molar-refractivity contribution is 7.80. The summed E-state index contributed by atoms with van der Waals surface area (Å²) in [6.07, 6.45) is 3.10. The van der Waals surface area contributed by atoms with E-state index in [1.54, 1.807) is 6.08 Å². The van der Waals surface area contributed by atoms with Crippen LogP contribution in [-0.2, 0) is 19.5 Å². The molecule has 1 atom stereocenters. The van der Waals surface area contributed by atoms with Crippen molar-refractivity contribution in [2.45, 2.75) is 6.04 Å². The number of carbonyl (C=O) groups excluding carboxylic acids is 2. The summed E-state index contributed by atoms with van der Waals surface area (Å²) in [5, 5.41) is 15.7. The first kappa shape index (κ1) is 16.4. The average molecular weight is 359 g/mol. The Bertz CT molecular complexity index is 816. The van der Waals surface area contributed by atoms with Gasteiger partial charge in [-0.25, -0.2) is 9.48 Å². The van der Waals surface area contributed by atoms with E-state index in [2.05, 4.69) is 14.7 Å². The van der Waals surface area contributed by atoms with Crippen molar-refractivity contribution in [3.8, 4) is 0 Å². The number of hydrogen-bond donors (Lipinski definition) is 3. The van der Waals surface area contributed by atoms with Gasteiger partial charge in [0.25, 0.3) is 5.91 Å². The van der Waals surface area contributed by atoms with E-state index < -0.39 is 35.0 Å². The number of hydroxylamine groups is 2. The van der Waals surface area contributed by atoms with Gasteiger partial charge in [-0.15, -0.1) is 4.28 Å². The lowest BCUT2D eigenvalue weighted by Gasteiger charge is -2.20. The molecule has 2 aliphatic rings. The second kappa shape index (κ2) is 5.86. The molecule has 130 valence electrons. The number of anilines is 1. The molecule has 0 aliphatic carbocycles. The molecule has 1 aromatic rings. The maximum absolute atomic E-state index is 12.0. The largest absolute Gasteiger partial charge is 0.418 e. The van der Waals surface area contributed by atoms with Crippen LogP contribution in [0, 0.1) is 0 Å². The number of aliphatic hydroxyl groups excluding tert-OH is 1. The first-order valence-corrected chi connectivity index (χ1v) is 8.06. The molecular formula is C11H13N5O7S. The van der Waals surface area contributed by atoms with Gasteiger partial charge in [0.15, 0.2) is 5.82 Å². The highest BCUT2D eigenvalue weighted by atomic mass is 32.3. The SMILES string of the molecule is O=C(CO)Nc1ccn(C2=CC3CN(C2)C(=O)N3OS(=O)(=O)O)n1.